The lowest BCUT2D eigenvalue weighted by atomic mass is 10.2. The molecule has 0 radical (unpaired) electrons. The number of benzene rings is 2. The van der Waals surface area contributed by atoms with Gasteiger partial charge >= 0.3 is 12.0 Å². The van der Waals surface area contributed by atoms with E-state index in [-0.39, 0.29) is 25.3 Å². The molecule has 158 valence electrons. The topological polar surface area (TPSA) is 118 Å². The average Bonchev–Trinajstić information content (AvgIpc) is 3.34. The molecule has 2 aromatic carbocycles. The fourth-order valence-corrected chi connectivity index (χ4v) is 2.97. The molecule has 1 aliphatic heterocycles. The van der Waals surface area contributed by atoms with Gasteiger partial charge in [0, 0.05) is 32.1 Å². The highest BCUT2D eigenvalue weighted by Crippen LogP contribution is 2.24. The third-order valence-electron chi connectivity index (χ3n) is 4.67. The summed E-state index contributed by atoms with van der Waals surface area (Å²) in [5, 5.41) is 8.70. The molecular weight excluding hydrogens is 402 g/mol. The van der Waals surface area contributed by atoms with Crippen molar-refractivity contribution in [1.29, 1.82) is 0 Å². The van der Waals surface area contributed by atoms with E-state index in [0.717, 1.165) is 5.69 Å². The second kappa shape index (κ2) is 8.74. The van der Waals surface area contributed by atoms with Crippen molar-refractivity contribution in [2.75, 3.05) is 18.5 Å². The third-order valence-corrected chi connectivity index (χ3v) is 4.67. The van der Waals surface area contributed by atoms with Crippen molar-refractivity contribution in [1.82, 2.24) is 10.0 Å². The van der Waals surface area contributed by atoms with Crippen LogP contribution in [0.5, 0.6) is 0 Å². The van der Waals surface area contributed by atoms with Crippen LogP contribution in [0.1, 0.15) is 19.3 Å². The number of hydroxylamine groups is 2. The summed E-state index contributed by atoms with van der Waals surface area (Å²) in [6.07, 6.45) is 0.164. The molecular formula is C21H19N5O5. The molecule has 0 unspecified atom stereocenters. The number of carbonyl (C=O) groups is 3. The number of anilines is 1. The van der Waals surface area contributed by atoms with Gasteiger partial charge in [0.05, 0.1) is 12.1 Å². The van der Waals surface area contributed by atoms with Crippen molar-refractivity contribution in [3.63, 3.8) is 0 Å². The van der Waals surface area contributed by atoms with Crippen molar-refractivity contribution >= 4 is 46.3 Å². The lowest BCUT2D eigenvalue weighted by molar-refractivity contribution is -0.197. The molecule has 10 heteroatoms. The number of nitrogens with zero attached hydrogens (tertiary/aromatic N) is 5. The SMILES string of the molecule is CN(CCC(=O)ON1C(=O)CCC1=O)c1ccc(N=Nc2nc3ccccc3o2)cc1. The van der Waals surface area contributed by atoms with Crippen molar-refractivity contribution < 1.29 is 23.6 Å². The van der Waals surface area contributed by atoms with E-state index in [9.17, 15) is 14.4 Å². The molecule has 2 amide bonds. The van der Waals surface area contributed by atoms with Crippen molar-refractivity contribution in [2.45, 2.75) is 19.3 Å². The lowest BCUT2D eigenvalue weighted by Gasteiger charge is -2.19. The predicted molar refractivity (Wildman–Crippen MR) is 110 cm³/mol. The molecule has 10 nitrogen and oxygen atoms in total. The molecule has 0 atom stereocenters. The zero-order valence-electron chi connectivity index (χ0n) is 16.7. The van der Waals surface area contributed by atoms with Crippen LogP contribution < -0.4 is 4.90 Å². The smallest absolute Gasteiger partial charge is 0.341 e. The molecule has 4 rings (SSSR count). The van der Waals surface area contributed by atoms with Gasteiger partial charge < -0.3 is 14.2 Å². The highest BCUT2D eigenvalue weighted by molar-refractivity contribution is 6.01. The Balaban J connectivity index is 1.30. The number of hydrogen-bond donors (Lipinski definition) is 0. The fourth-order valence-electron chi connectivity index (χ4n) is 2.97. The molecule has 1 aromatic heterocycles. The summed E-state index contributed by atoms with van der Waals surface area (Å²) in [7, 11) is 1.81. The van der Waals surface area contributed by atoms with Crippen LogP contribution >= 0.6 is 0 Å². The van der Waals surface area contributed by atoms with Crippen molar-refractivity contribution in [2.24, 2.45) is 10.2 Å². The summed E-state index contributed by atoms with van der Waals surface area (Å²) < 4.78 is 5.50. The van der Waals surface area contributed by atoms with Gasteiger partial charge in [-0.1, -0.05) is 17.2 Å². The summed E-state index contributed by atoms with van der Waals surface area (Å²) in [6, 6.07) is 14.8. The first kappa shape index (κ1) is 20.2. The minimum absolute atomic E-state index is 0.0206. The van der Waals surface area contributed by atoms with Gasteiger partial charge in [-0.05, 0) is 36.4 Å². The Bertz CT molecular complexity index is 1110. The van der Waals surface area contributed by atoms with Crippen LogP contribution in [0.4, 0.5) is 17.4 Å². The number of fused-ring (bicyclic) bond motifs is 1. The minimum atomic E-state index is -0.640. The molecule has 0 aliphatic carbocycles. The molecule has 0 N–H and O–H groups in total. The van der Waals surface area contributed by atoms with E-state index in [0.29, 0.717) is 28.4 Å². The normalized spacial score (nSPS) is 14.0. The van der Waals surface area contributed by atoms with E-state index in [1.807, 2.05) is 48.3 Å². The Morgan fingerprint density at radius 2 is 1.81 bits per heavy atom. The average molecular weight is 421 g/mol. The van der Waals surface area contributed by atoms with Crippen LogP contribution in [0.25, 0.3) is 11.1 Å². The molecule has 1 saturated heterocycles. The van der Waals surface area contributed by atoms with Gasteiger partial charge in [0.25, 0.3) is 11.8 Å². The summed E-state index contributed by atoms with van der Waals surface area (Å²) in [5.41, 5.74) is 2.82. The first-order valence-corrected chi connectivity index (χ1v) is 9.65. The number of amides is 2. The van der Waals surface area contributed by atoms with Crippen LogP contribution in [-0.4, -0.2) is 41.4 Å². The largest absolute Gasteiger partial charge is 0.421 e. The van der Waals surface area contributed by atoms with Crippen molar-refractivity contribution in [3.8, 4) is 0 Å². The van der Waals surface area contributed by atoms with Gasteiger partial charge in [-0.15, -0.1) is 10.2 Å². The molecule has 0 saturated carbocycles. The van der Waals surface area contributed by atoms with Gasteiger partial charge in [0.1, 0.15) is 5.52 Å². The number of para-hydroxylation sites is 2. The Kier molecular flexibility index (Phi) is 5.69. The summed E-state index contributed by atoms with van der Waals surface area (Å²) >= 11 is 0. The third kappa shape index (κ3) is 4.74. The van der Waals surface area contributed by atoms with Gasteiger partial charge in [0.2, 0.25) is 0 Å². The highest BCUT2D eigenvalue weighted by atomic mass is 16.7. The molecule has 1 aliphatic rings. The Morgan fingerprint density at radius 1 is 1.10 bits per heavy atom. The summed E-state index contributed by atoms with van der Waals surface area (Å²) in [6.45, 7) is 0.346. The molecule has 0 bridgehead atoms. The second-order valence-electron chi connectivity index (χ2n) is 6.90. The van der Waals surface area contributed by atoms with Crippen LogP contribution in [0.3, 0.4) is 0 Å². The lowest BCUT2D eigenvalue weighted by Crippen LogP contribution is -2.33. The van der Waals surface area contributed by atoms with Crippen LogP contribution in [0.2, 0.25) is 0 Å². The van der Waals surface area contributed by atoms with Gasteiger partial charge in [-0.2, -0.15) is 4.98 Å². The molecule has 1 fully saturated rings. The molecule has 3 aromatic rings. The van der Waals surface area contributed by atoms with Crippen LogP contribution in [0, 0.1) is 0 Å². The van der Waals surface area contributed by atoms with Crippen molar-refractivity contribution in [3.05, 3.63) is 48.5 Å². The number of imide groups is 1. The maximum atomic E-state index is 11.9. The molecule has 0 spiro atoms. The first-order valence-electron chi connectivity index (χ1n) is 9.65. The van der Waals surface area contributed by atoms with Gasteiger partial charge in [-0.3, -0.25) is 9.59 Å². The molecule has 31 heavy (non-hydrogen) atoms. The van der Waals surface area contributed by atoms with E-state index in [1.54, 1.807) is 12.1 Å². The number of carbonyl (C=O) groups excluding carboxylic acids is 3. The Morgan fingerprint density at radius 3 is 2.52 bits per heavy atom. The van der Waals surface area contributed by atoms with E-state index >= 15 is 0 Å². The minimum Gasteiger partial charge on any atom is -0.421 e. The molecule has 2 heterocycles. The van der Waals surface area contributed by atoms with E-state index < -0.39 is 17.8 Å². The Hall–Kier alpha value is -4.08. The number of azo groups is 1. The maximum Gasteiger partial charge on any atom is 0.341 e. The standard InChI is InChI=1S/C21H19N5O5/c1-25(13-12-20(29)31-26-18(27)10-11-19(26)28)15-8-6-14(7-9-15)23-24-21-22-16-4-2-3-5-17(16)30-21/h2-9H,10-13H2,1H3. The van der Waals surface area contributed by atoms with Gasteiger partial charge in [-0.25, -0.2) is 4.79 Å². The van der Waals surface area contributed by atoms with E-state index in [2.05, 4.69) is 15.2 Å². The van der Waals surface area contributed by atoms with E-state index in [1.165, 1.54) is 0 Å². The van der Waals surface area contributed by atoms with Crippen LogP contribution in [-0.2, 0) is 19.2 Å². The zero-order valence-corrected chi connectivity index (χ0v) is 16.7. The highest BCUT2D eigenvalue weighted by Gasteiger charge is 2.32. The number of hydrogen-bond acceptors (Lipinski definition) is 9. The van der Waals surface area contributed by atoms with E-state index in [4.69, 9.17) is 9.25 Å². The maximum absolute atomic E-state index is 11.9. The Labute approximate surface area is 177 Å². The first-order chi connectivity index (χ1) is 15.0. The number of oxazole rings is 1. The second-order valence-corrected chi connectivity index (χ2v) is 6.90. The van der Waals surface area contributed by atoms with Gasteiger partial charge in [0.15, 0.2) is 5.58 Å². The monoisotopic (exact) mass is 421 g/mol. The predicted octanol–water partition coefficient (Wildman–Crippen LogP) is 3.68. The number of aromatic nitrogens is 1. The quantitative estimate of drug-likeness (QED) is 0.422. The zero-order chi connectivity index (χ0) is 21.8. The summed E-state index contributed by atoms with van der Waals surface area (Å²) in [5.74, 6) is -1.62. The number of rotatable bonds is 7. The van der Waals surface area contributed by atoms with Crippen LogP contribution in [0.15, 0.2) is 63.2 Å². The summed E-state index contributed by atoms with van der Waals surface area (Å²) in [4.78, 5) is 45.9. The fraction of sp³-hybridized carbons (Fsp3) is 0.238.